The van der Waals surface area contributed by atoms with Crippen molar-refractivity contribution in [3.8, 4) is 0 Å². The lowest BCUT2D eigenvalue weighted by molar-refractivity contribution is 0.0899. The van der Waals surface area contributed by atoms with Gasteiger partial charge in [-0.15, -0.1) is 0 Å². The van der Waals surface area contributed by atoms with Crippen LogP contribution in [-0.2, 0) is 0 Å². The van der Waals surface area contributed by atoms with Crippen molar-refractivity contribution in [1.82, 2.24) is 20.2 Å². The lowest BCUT2D eigenvalue weighted by atomic mass is 9.97. The van der Waals surface area contributed by atoms with E-state index in [2.05, 4.69) is 20.2 Å². The highest BCUT2D eigenvalue weighted by molar-refractivity contribution is 5.90. The van der Waals surface area contributed by atoms with Crippen LogP contribution in [0.15, 0.2) is 18.5 Å². The van der Waals surface area contributed by atoms with E-state index in [9.17, 15) is 4.79 Å². The fraction of sp³-hybridized carbons (Fsp3) is 0.583. The molecule has 2 aliphatic heterocycles. The molecule has 1 unspecified atom stereocenters. The third-order valence-electron chi connectivity index (χ3n) is 3.57. The summed E-state index contributed by atoms with van der Waals surface area (Å²) in [5.74, 6) is 0.865. The Morgan fingerprint density at radius 2 is 2.18 bits per heavy atom. The number of carbonyl (C=O) groups is 1. The molecule has 2 saturated heterocycles. The number of hydrogen-bond donors (Lipinski definition) is 1. The van der Waals surface area contributed by atoms with Crippen molar-refractivity contribution in [2.45, 2.75) is 18.9 Å². The highest BCUT2D eigenvalue weighted by Crippen LogP contribution is 2.26. The number of aromatic nitrogens is 2. The van der Waals surface area contributed by atoms with Gasteiger partial charge in [-0.2, -0.15) is 0 Å². The first-order valence-electron chi connectivity index (χ1n) is 6.11. The molecule has 0 aliphatic carbocycles. The number of hydrogen-bond acceptors (Lipinski definition) is 4. The Morgan fingerprint density at radius 1 is 1.35 bits per heavy atom. The van der Waals surface area contributed by atoms with Crippen LogP contribution in [0.1, 0.15) is 23.5 Å². The maximum absolute atomic E-state index is 11.9. The minimum atomic E-state index is -0.155. The van der Waals surface area contributed by atoms with Crippen LogP contribution in [0.25, 0.3) is 0 Å². The van der Waals surface area contributed by atoms with E-state index in [0.717, 1.165) is 18.9 Å². The maximum Gasteiger partial charge on any atom is 0.289 e. The van der Waals surface area contributed by atoms with Gasteiger partial charge in [0.2, 0.25) is 5.82 Å². The van der Waals surface area contributed by atoms with Crippen LogP contribution in [0.2, 0.25) is 0 Å². The number of nitrogens with one attached hydrogen (secondary N) is 1. The zero-order valence-corrected chi connectivity index (χ0v) is 9.67. The molecule has 0 spiro atoms. The SMILES string of the molecule is O=C(N[C@@H]1C[C@H]2CCN(C2)C1)c1ncccn1. The van der Waals surface area contributed by atoms with Crippen molar-refractivity contribution >= 4 is 5.91 Å². The van der Waals surface area contributed by atoms with E-state index in [1.807, 2.05) is 0 Å². The molecule has 90 valence electrons. The Bertz CT molecular complexity index is 396. The molecule has 1 aromatic rings. The molecule has 5 nitrogen and oxygen atoms in total. The van der Waals surface area contributed by atoms with Gasteiger partial charge in [-0.3, -0.25) is 4.79 Å². The Morgan fingerprint density at radius 3 is 2.94 bits per heavy atom. The van der Waals surface area contributed by atoms with Gasteiger partial charge in [0, 0.05) is 31.5 Å². The van der Waals surface area contributed by atoms with Crippen molar-refractivity contribution in [2.75, 3.05) is 19.6 Å². The number of nitrogens with zero attached hydrogens (tertiary/aromatic N) is 3. The van der Waals surface area contributed by atoms with Crippen LogP contribution >= 0.6 is 0 Å². The van der Waals surface area contributed by atoms with Crippen molar-refractivity contribution in [3.05, 3.63) is 24.3 Å². The molecule has 1 N–H and O–H groups in total. The summed E-state index contributed by atoms with van der Waals surface area (Å²) < 4.78 is 0. The number of carbonyl (C=O) groups excluding carboxylic acids is 1. The molecule has 2 bridgehead atoms. The highest BCUT2D eigenvalue weighted by atomic mass is 16.2. The van der Waals surface area contributed by atoms with Crippen LogP contribution in [-0.4, -0.2) is 46.5 Å². The molecular weight excluding hydrogens is 216 g/mol. The Hall–Kier alpha value is -1.49. The molecule has 3 heterocycles. The van der Waals surface area contributed by atoms with Crippen LogP contribution in [0.3, 0.4) is 0 Å². The summed E-state index contributed by atoms with van der Waals surface area (Å²) in [6.07, 6.45) is 5.55. The van der Waals surface area contributed by atoms with Gasteiger partial charge in [-0.05, 0) is 31.4 Å². The van der Waals surface area contributed by atoms with Gasteiger partial charge in [0.15, 0.2) is 0 Å². The minimum absolute atomic E-state index is 0.155. The number of piperidine rings is 1. The molecular formula is C12H16N4O. The predicted molar refractivity (Wildman–Crippen MR) is 62.5 cm³/mol. The van der Waals surface area contributed by atoms with E-state index in [4.69, 9.17) is 0 Å². The first kappa shape index (κ1) is 10.7. The molecule has 2 fully saturated rings. The van der Waals surface area contributed by atoms with E-state index in [-0.39, 0.29) is 17.8 Å². The second-order valence-electron chi connectivity index (χ2n) is 4.89. The second-order valence-corrected chi connectivity index (χ2v) is 4.89. The lowest BCUT2D eigenvalue weighted by Crippen LogP contribution is -2.47. The average molecular weight is 232 g/mol. The van der Waals surface area contributed by atoms with E-state index in [0.29, 0.717) is 0 Å². The third-order valence-corrected chi connectivity index (χ3v) is 3.57. The standard InChI is InChI=1S/C12H16N4O/c17-12(11-13-3-1-4-14-11)15-10-6-9-2-5-16(7-9)8-10/h1,3-4,9-10H,2,5-8H2,(H,15,17)/t9-,10-/m1/s1. The normalized spacial score (nSPS) is 31.2. The van der Waals surface area contributed by atoms with E-state index in [1.165, 1.54) is 19.5 Å². The smallest absolute Gasteiger partial charge is 0.289 e. The summed E-state index contributed by atoms with van der Waals surface area (Å²) in [4.78, 5) is 22.2. The summed E-state index contributed by atoms with van der Waals surface area (Å²) in [7, 11) is 0. The largest absolute Gasteiger partial charge is 0.345 e. The fourth-order valence-corrected chi connectivity index (χ4v) is 2.83. The molecule has 0 radical (unpaired) electrons. The summed E-state index contributed by atoms with van der Waals surface area (Å²) in [5, 5.41) is 3.03. The zero-order valence-electron chi connectivity index (χ0n) is 9.67. The first-order valence-corrected chi connectivity index (χ1v) is 6.11. The van der Waals surface area contributed by atoms with Crippen LogP contribution in [0, 0.1) is 5.92 Å². The molecule has 3 atom stereocenters. The Balaban J connectivity index is 1.62. The molecule has 5 heteroatoms. The van der Waals surface area contributed by atoms with Gasteiger partial charge >= 0.3 is 0 Å². The third kappa shape index (κ3) is 2.29. The Kier molecular flexibility index (Phi) is 2.76. The van der Waals surface area contributed by atoms with Crippen molar-refractivity contribution in [1.29, 1.82) is 0 Å². The quantitative estimate of drug-likeness (QED) is 0.797. The Labute approximate surface area is 100 Å². The van der Waals surface area contributed by atoms with Crippen molar-refractivity contribution in [3.63, 3.8) is 0 Å². The van der Waals surface area contributed by atoms with Crippen molar-refractivity contribution < 1.29 is 4.79 Å². The molecule has 0 aromatic carbocycles. The van der Waals surface area contributed by atoms with E-state index in [1.54, 1.807) is 18.5 Å². The van der Waals surface area contributed by atoms with Gasteiger partial charge in [-0.1, -0.05) is 0 Å². The monoisotopic (exact) mass is 232 g/mol. The number of amides is 1. The van der Waals surface area contributed by atoms with Crippen LogP contribution in [0.5, 0.6) is 0 Å². The maximum atomic E-state index is 11.9. The van der Waals surface area contributed by atoms with E-state index >= 15 is 0 Å². The summed E-state index contributed by atoms with van der Waals surface area (Å²) >= 11 is 0. The molecule has 0 saturated carbocycles. The van der Waals surface area contributed by atoms with Crippen LogP contribution < -0.4 is 5.32 Å². The molecule has 1 aromatic heterocycles. The summed E-state index contributed by atoms with van der Waals surface area (Å²) in [6, 6.07) is 1.97. The molecule has 2 aliphatic rings. The van der Waals surface area contributed by atoms with Gasteiger partial charge in [0.05, 0.1) is 0 Å². The molecule has 17 heavy (non-hydrogen) atoms. The highest BCUT2D eigenvalue weighted by Gasteiger charge is 2.33. The van der Waals surface area contributed by atoms with E-state index < -0.39 is 0 Å². The fourth-order valence-electron chi connectivity index (χ4n) is 2.83. The first-order chi connectivity index (χ1) is 8.31. The predicted octanol–water partition coefficient (Wildman–Crippen LogP) is 0.301. The van der Waals surface area contributed by atoms with Gasteiger partial charge in [0.1, 0.15) is 0 Å². The van der Waals surface area contributed by atoms with Gasteiger partial charge in [-0.25, -0.2) is 9.97 Å². The van der Waals surface area contributed by atoms with Gasteiger partial charge in [0.25, 0.3) is 5.91 Å². The summed E-state index contributed by atoms with van der Waals surface area (Å²) in [6.45, 7) is 3.35. The lowest BCUT2D eigenvalue weighted by Gasteiger charge is -2.30. The summed E-state index contributed by atoms with van der Waals surface area (Å²) in [5.41, 5.74) is 0. The zero-order chi connectivity index (χ0) is 11.7. The molecule has 3 rings (SSSR count). The van der Waals surface area contributed by atoms with Crippen LogP contribution in [0.4, 0.5) is 0 Å². The number of fused-ring (bicyclic) bond motifs is 2. The topological polar surface area (TPSA) is 58.1 Å². The second kappa shape index (κ2) is 4.41. The average Bonchev–Trinajstić information content (AvgIpc) is 2.70. The minimum Gasteiger partial charge on any atom is -0.345 e. The van der Waals surface area contributed by atoms with Gasteiger partial charge < -0.3 is 10.2 Å². The number of rotatable bonds is 2. The van der Waals surface area contributed by atoms with Crippen molar-refractivity contribution in [2.24, 2.45) is 5.92 Å². The molecule has 1 amide bonds.